The molecule has 0 saturated carbocycles. The van der Waals surface area contributed by atoms with Crippen LogP contribution in [0.15, 0.2) is 0 Å². The lowest BCUT2D eigenvalue weighted by atomic mass is 9.87. The molecule has 1 amide bonds. The average molecular weight is 259 g/mol. The van der Waals surface area contributed by atoms with E-state index in [1.807, 2.05) is 27.7 Å². The van der Waals surface area contributed by atoms with Crippen LogP contribution >= 0.6 is 11.8 Å². The number of rotatable bonds is 8. The smallest absolute Gasteiger partial charge is 0.230 e. The Morgan fingerprint density at radius 3 is 2.53 bits per heavy atom. The molecular formula is C12H25N3OS. The molecule has 0 aromatic carbocycles. The van der Waals surface area contributed by atoms with Crippen molar-refractivity contribution in [3.8, 4) is 0 Å². The van der Waals surface area contributed by atoms with Crippen LogP contribution in [-0.4, -0.2) is 29.3 Å². The van der Waals surface area contributed by atoms with Gasteiger partial charge < -0.3 is 11.1 Å². The van der Waals surface area contributed by atoms with Gasteiger partial charge in [-0.3, -0.25) is 10.2 Å². The van der Waals surface area contributed by atoms with Gasteiger partial charge in [-0.1, -0.05) is 13.8 Å². The molecule has 0 saturated heterocycles. The number of amidine groups is 1. The van der Waals surface area contributed by atoms with Crippen LogP contribution in [0.3, 0.4) is 0 Å². The minimum atomic E-state index is -0.221. The van der Waals surface area contributed by atoms with E-state index in [2.05, 4.69) is 5.32 Å². The number of hydrogen-bond donors (Lipinski definition) is 3. The van der Waals surface area contributed by atoms with Crippen LogP contribution in [0, 0.1) is 10.8 Å². The molecule has 0 aliphatic rings. The molecule has 0 heterocycles. The van der Waals surface area contributed by atoms with E-state index in [0.717, 1.165) is 18.6 Å². The molecule has 0 unspecified atom stereocenters. The Kier molecular flexibility index (Phi) is 7.27. The van der Waals surface area contributed by atoms with Crippen molar-refractivity contribution in [2.24, 2.45) is 11.1 Å². The van der Waals surface area contributed by atoms with E-state index in [0.29, 0.717) is 5.75 Å². The van der Waals surface area contributed by atoms with Crippen molar-refractivity contribution in [3.05, 3.63) is 0 Å². The Morgan fingerprint density at radius 2 is 2.06 bits per heavy atom. The molecule has 0 fully saturated rings. The average Bonchev–Trinajstić information content (AvgIpc) is 2.15. The molecule has 0 radical (unpaired) electrons. The molecule has 5 heteroatoms. The van der Waals surface area contributed by atoms with Crippen molar-refractivity contribution < 1.29 is 4.79 Å². The Balaban J connectivity index is 3.60. The molecule has 17 heavy (non-hydrogen) atoms. The molecule has 0 spiro atoms. The van der Waals surface area contributed by atoms with Gasteiger partial charge in [0.1, 0.15) is 0 Å². The summed E-state index contributed by atoms with van der Waals surface area (Å²) in [6, 6.07) is 0.208. The minimum Gasteiger partial charge on any atom is -0.387 e. The molecule has 4 N–H and O–H groups in total. The summed E-state index contributed by atoms with van der Waals surface area (Å²) in [5.74, 6) is 1.77. The highest BCUT2D eigenvalue weighted by Gasteiger charge is 2.20. The molecule has 0 rings (SSSR count). The second kappa shape index (κ2) is 7.58. The normalized spacial score (nSPS) is 11.6. The van der Waals surface area contributed by atoms with Gasteiger partial charge in [-0.15, -0.1) is 0 Å². The SMILES string of the molecule is CC(C)NC(=O)CSCCCC(C)(C)C(=N)N. The lowest BCUT2D eigenvalue weighted by Gasteiger charge is -2.22. The number of thioether (sulfide) groups is 1. The third-order valence-corrected chi connectivity index (χ3v) is 3.55. The van der Waals surface area contributed by atoms with Crippen molar-refractivity contribution in [2.45, 2.75) is 46.6 Å². The number of carbonyl (C=O) groups is 1. The zero-order valence-corrected chi connectivity index (χ0v) is 12.1. The van der Waals surface area contributed by atoms with Crippen LogP contribution < -0.4 is 11.1 Å². The molecule has 0 aliphatic heterocycles. The maximum absolute atomic E-state index is 11.3. The molecular weight excluding hydrogens is 234 g/mol. The van der Waals surface area contributed by atoms with Crippen molar-refractivity contribution in [1.82, 2.24) is 5.32 Å². The summed E-state index contributed by atoms with van der Waals surface area (Å²) in [5.41, 5.74) is 5.28. The first-order valence-corrected chi connectivity index (χ1v) is 7.13. The maximum Gasteiger partial charge on any atom is 0.230 e. The van der Waals surface area contributed by atoms with E-state index < -0.39 is 0 Å². The topological polar surface area (TPSA) is 79.0 Å². The summed E-state index contributed by atoms with van der Waals surface area (Å²) < 4.78 is 0. The van der Waals surface area contributed by atoms with Gasteiger partial charge in [-0.25, -0.2) is 0 Å². The van der Waals surface area contributed by atoms with Crippen LogP contribution in [0.4, 0.5) is 0 Å². The lowest BCUT2D eigenvalue weighted by molar-refractivity contribution is -0.119. The summed E-state index contributed by atoms with van der Waals surface area (Å²) in [4.78, 5) is 11.3. The first-order valence-electron chi connectivity index (χ1n) is 5.97. The van der Waals surface area contributed by atoms with Gasteiger partial charge in [0.25, 0.3) is 0 Å². The summed E-state index contributed by atoms with van der Waals surface area (Å²) in [7, 11) is 0. The quantitative estimate of drug-likeness (QED) is 0.354. The predicted molar refractivity (Wildman–Crippen MR) is 75.5 cm³/mol. The Bertz CT molecular complexity index is 264. The number of carbonyl (C=O) groups excluding carboxylic acids is 1. The first kappa shape index (κ1) is 16.3. The fourth-order valence-corrected chi connectivity index (χ4v) is 2.04. The van der Waals surface area contributed by atoms with Crippen molar-refractivity contribution >= 4 is 23.5 Å². The number of amides is 1. The predicted octanol–water partition coefficient (Wildman–Crippen LogP) is 1.99. The lowest BCUT2D eigenvalue weighted by Crippen LogP contribution is -2.32. The fourth-order valence-electron chi connectivity index (χ4n) is 1.28. The molecule has 0 aromatic heterocycles. The van der Waals surface area contributed by atoms with E-state index in [9.17, 15) is 4.79 Å². The molecule has 0 atom stereocenters. The van der Waals surface area contributed by atoms with Gasteiger partial charge >= 0.3 is 0 Å². The van der Waals surface area contributed by atoms with Gasteiger partial charge in [0.15, 0.2) is 0 Å². The van der Waals surface area contributed by atoms with Crippen LogP contribution in [-0.2, 0) is 4.79 Å². The van der Waals surface area contributed by atoms with Crippen LogP contribution in [0.5, 0.6) is 0 Å². The number of nitrogens with one attached hydrogen (secondary N) is 2. The van der Waals surface area contributed by atoms with E-state index in [1.165, 1.54) is 0 Å². The van der Waals surface area contributed by atoms with E-state index in [4.69, 9.17) is 11.1 Å². The standard InChI is InChI=1S/C12H25N3OS/c1-9(2)15-10(16)8-17-7-5-6-12(3,4)11(13)14/h9H,5-8H2,1-4H3,(H3,13,14)(H,15,16). The molecule has 0 bridgehead atoms. The first-order chi connectivity index (χ1) is 7.75. The van der Waals surface area contributed by atoms with Gasteiger partial charge in [-0.05, 0) is 32.4 Å². The summed E-state index contributed by atoms with van der Waals surface area (Å²) in [6.45, 7) is 7.87. The Labute approximate surface area is 109 Å². The number of hydrogen-bond acceptors (Lipinski definition) is 3. The zero-order valence-electron chi connectivity index (χ0n) is 11.3. The summed E-state index contributed by atoms with van der Waals surface area (Å²) >= 11 is 1.63. The summed E-state index contributed by atoms with van der Waals surface area (Å²) in [5, 5.41) is 10.3. The molecule has 0 aliphatic carbocycles. The highest BCUT2D eigenvalue weighted by molar-refractivity contribution is 7.99. The molecule has 4 nitrogen and oxygen atoms in total. The van der Waals surface area contributed by atoms with Gasteiger partial charge in [-0.2, -0.15) is 11.8 Å². The number of nitrogens with two attached hydrogens (primary N) is 1. The van der Waals surface area contributed by atoms with Crippen molar-refractivity contribution in [3.63, 3.8) is 0 Å². The van der Waals surface area contributed by atoms with E-state index >= 15 is 0 Å². The second-order valence-corrected chi connectivity index (χ2v) is 6.28. The van der Waals surface area contributed by atoms with Crippen molar-refractivity contribution in [1.29, 1.82) is 5.41 Å². The van der Waals surface area contributed by atoms with Gasteiger partial charge in [0, 0.05) is 11.5 Å². The summed E-state index contributed by atoms with van der Waals surface area (Å²) in [6.07, 6.45) is 1.87. The largest absolute Gasteiger partial charge is 0.387 e. The van der Waals surface area contributed by atoms with Gasteiger partial charge in [0.2, 0.25) is 5.91 Å². The van der Waals surface area contributed by atoms with Crippen LogP contribution in [0.2, 0.25) is 0 Å². The van der Waals surface area contributed by atoms with Crippen LogP contribution in [0.1, 0.15) is 40.5 Å². The fraction of sp³-hybridized carbons (Fsp3) is 0.833. The molecule has 0 aromatic rings. The van der Waals surface area contributed by atoms with E-state index in [1.54, 1.807) is 11.8 Å². The zero-order chi connectivity index (χ0) is 13.5. The second-order valence-electron chi connectivity index (χ2n) is 5.18. The Morgan fingerprint density at radius 1 is 1.47 bits per heavy atom. The van der Waals surface area contributed by atoms with Gasteiger partial charge in [0.05, 0.1) is 11.6 Å². The van der Waals surface area contributed by atoms with E-state index in [-0.39, 0.29) is 23.2 Å². The monoisotopic (exact) mass is 259 g/mol. The maximum atomic E-state index is 11.3. The minimum absolute atomic E-state index is 0.0934. The molecule has 100 valence electrons. The van der Waals surface area contributed by atoms with Crippen molar-refractivity contribution in [2.75, 3.05) is 11.5 Å². The van der Waals surface area contributed by atoms with Crippen LogP contribution in [0.25, 0.3) is 0 Å². The Hall–Kier alpha value is -0.710. The highest BCUT2D eigenvalue weighted by Crippen LogP contribution is 2.22. The highest BCUT2D eigenvalue weighted by atomic mass is 32.2. The third kappa shape index (κ3) is 8.07. The third-order valence-electron chi connectivity index (χ3n) is 2.50.